The zero-order valence-electron chi connectivity index (χ0n) is 26.9. The van der Waals surface area contributed by atoms with Crippen molar-refractivity contribution in [2.75, 3.05) is 39.6 Å². The number of hydrogen-bond donors (Lipinski definition) is 3. The van der Waals surface area contributed by atoms with Crippen LogP contribution in [0.4, 0.5) is 0 Å². The molecule has 17 heteroatoms. The highest BCUT2D eigenvalue weighted by Crippen LogP contribution is 2.45. The normalized spacial score (nSPS) is 15.4. The molecule has 0 saturated heterocycles. The summed E-state index contributed by atoms with van der Waals surface area (Å²) in [5.74, 6) is -1.60. The van der Waals surface area contributed by atoms with Crippen molar-refractivity contribution >= 4 is 33.6 Å². The van der Waals surface area contributed by atoms with Gasteiger partial charge in [0.25, 0.3) is 0 Å². The van der Waals surface area contributed by atoms with E-state index in [1.54, 1.807) is 0 Å². The number of ether oxygens (including phenoxy) is 3. The Labute approximate surface area is 266 Å². The van der Waals surface area contributed by atoms with E-state index < -0.39 is 66.2 Å². The first-order valence-corrected chi connectivity index (χ1v) is 18.7. The Morgan fingerprint density at radius 1 is 0.600 bits per heavy atom. The van der Waals surface area contributed by atoms with Gasteiger partial charge in [-0.3, -0.25) is 32.5 Å². The van der Waals surface area contributed by atoms with Crippen LogP contribution in [0.5, 0.6) is 0 Å². The Hall–Kier alpha value is -1.41. The van der Waals surface area contributed by atoms with Crippen LogP contribution in [0.1, 0.15) is 111 Å². The maximum Gasteiger partial charge on any atom is 0.472 e. The van der Waals surface area contributed by atoms with Crippen molar-refractivity contribution < 1.29 is 70.7 Å². The van der Waals surface area contributed by atoms with Gasteiger partial charge in [0.15, 0.2) is 6.10 Å². The Kier molecular flexibility index (Phi) is 25.8. The monoisotopic (exact) mass is 692 g/mol. The van der Waals surface area contributed by atoms with Crippen molar-refractivity contribution in [3.05, 3.63) is 0 Å². The number of carbonyl (C=O) groups excluding carboxylic acids is 3. The van der Waals surface area contributed by atoms with E-state index in [0.29, 0.717) is 12.8 Å². The van der Waals surface area contributed by atoms with Crippen molar-refractivity contribution in [3.63, 3.8) is 0 Å². The fourth-order valence-corrected chi connectivity index (χ4v) is 5.24. The molecule has 0 saturated carbocycles. The van der Waals surface area contributed by atoms with Gasteiger partial charge in [0.2, 0.25) is 0 Å². The molecule has 0 rings (SSSR count). The van der Waals surface area contributed by atoms with Gasteiger partial charge in [-0.1, -0.05) is 71.6 Å². The van der Waals surface area contributed by atoms with Crippen LogP contribution in [-0.2, 0) is 55.8 Å². The Morgan fingerprint density at radius 2 is 1.09 bits per heavy atom. The Balaban J connectivity index is 4.39. The first-order valence-electron chi connectivity index (χ1n) is 15.7. The fourth-order valence-electron chi connectivity index (χ4n) is 3.65. The average Bonchev–Trinajstić information content (AvgIpc) is 2.97. The van der Waals surface area contributed by atoms with E-state index in [1.165, 1.54) is 19.3 Å². The molecule has 2 unspecified atom stereocenters. The minimum atomic E-state index is -4.79. The molecule has 0 heterocycles. The van der Waals surface area contributed by atoms with Gasteiger partial charge in [-0.25, -0.2) is 9.13 Å². The lowest BCUT2D eigenvalue weighted by molar-refractivity contribution is -0.160. The third-order valence-electron chi connectivity index (χ3n) is 6.08. The van der Waals surface area contributed by atoms with E-state index >= 15 is 0 Å². The van der Waals surface area contributed by atoms with Crippen LogP contribution < -0.4 is 0 Å². The minimum Gasteiger partial charge on any atom is -0.466 e. The van der Waals surface area contributed by atoms with Gasteiger partial charge in [-0.15, -0.1) is 0 Å². The molecular weight excluding hydrogens is 638 g/mol. The number of phosphoric ester groups is 2. The zero-order chi connectivity index (χ0) is 34.0. The second-order valence-electron chi connectivity index (χ2n) is 10.5. The SMILES string of the molecule is CCCCCCCCCCC(=O)O[C@H](COC(C)=O)COP(=O)(O)OC[C@H](O)COP(=O)(O)OCCCOC(=O)CCCCC. The van der Waals surface area contributed by atoms with Gasteiger partial charge in [0.05, 0.1) is 33.0 Å². The summed E-state index contributed by atoms with van der Waals surface area (Å²) in [5, 5.41) is 9.94. The van der Waals surface area contributed by atoms with Crippen molar-refractivity contribution in [2.45, 2.75) is 123 Å². The molecule has 0 aliphatic carbocycles. The molecule has 0 aromatic carbocycles. The molecule has 0 aromatic rings. The van der Waals surface area contributed by atoms with E-state index in [-0.39, 0.29) is 32.0 Å². The third-order valence-corrected chi connectivity index (χ3v) is 8.01. The van der Waals surface area contributed by atoms with Crippen LogP contribution in [0.25, 0.3) is 0 Å². The van der Waals surface area contributed by atoms with Crippen molar-refractivity contribution in [3.8, 4) is 0 Å². The molecule has 0 spiro atoms. The first-order chi connectivity index (χ1) is 21.3. The summed E-state index contributed by atoms with van der Waals surface area (Å²) < 4.78 is 58.2. The molecule has 0 aliphatic rings. The molecule has 0 aliphatic heterocycles. The number of hydrogen-bond acceptors (Lipinski definition) is 13. The standard InChI is InChI=1S/C28H54O15P2/c1-4-6-8-9-10-11-12-14-17-28(32)43-26(22-38-24(3)29)23-42-45(35,36)41-21-25(30)20-40-44(33,34)39-19-15-18-37-27(31)16-13-7-5-2/h25-26,30H,4-23H2,1-3H3,(H,33,34)(H,35,36)/t25-,26-/m1/s1. The molecule has 3 N–H and O–H groups in total. The molecule has 45 heavy (non-hydrogen) atoms. The zero-order valence-corrected chi connectivity index (χ0v) is 28.7. The predicted molar refractivity (Wildman–Crippen MR) is 163 cm³/mol. The molecule has 4 atom stereocenters. The maximum atomic E-state index is 12.3. The molecule has 0 radical (unpaired) electrons. The summed E-state index contributed by atoms with van der Waals surface area (Å²) in [6.07, 6.45) is 8.65. The van der Waals surface area contributed by atoms with Crippen LogP contribution >= 0.6 is 15.6 Å². The van der Waals surface area contributed by atoms with Crippen LogP contribution in [0.15, 0.2) is 0 Å². The second kappa shape index (κ2) is 26.6. The lowest BCUT2D eigenvalue weighted by Crippen LogP contribution is -2.29. The molecule has 0 fully saturated rings. The van der Waals surface area contributed by atoms with E-state index in [4.69, 9.17) is 23.3 Å². The van der Waals surface area contributed by atoms with Gasteiger partial charge in [-0.2, -0.15) is 0 Å². The largest absolute Gasteiger partial charge is 0.472 e. The minimum absolute atomic E-state index is 0.00655. The number of aliphatic hydroxyl groups is 1. The number of phosphoric acid groups is 2. The van der Waals surface area contributed by atoms with E-state index in [9.17, 15) is 38.4 Å². The van der Waals surface area contributed by atoms with Crippen LogP contribution in [0.2, 0.25) is 0 Å². The van der Waals surface area contributed by atoms with Crippen LogP contribution in [0.3, 0.4) is 0 Å². The summed E-state index contributed by atoms with van der Waals surface area (Å²) in [7, 11) is -9.37. The summed E-state index contributed by atoms with van der Waals surface area (Å²) in [6, 6.07) is 0. The summed E-state index contributed by atoms with van der Waals surface area (Å²) in [5.41, 5.74) is 0. The highest BCUT2D eigenvalue weighted by atomic mass is 31.2. The number of esters is 3. The number of aliphatic hydroxyl groups excluding tert-OH is 1. The van der Waals surface area contributed by atoms with Gasteiger partial charge in [-0.05, 0) is 12.8 Å². The van der Waals surface area contributed by atoms with Crippen molar-refractivity contribution in [2.24, 2.45) is 0 Å². The highest BCUT2D eigenvalue weighted by molar-refractivity contribution is 7.47. The quantitative estimate of drug-likeness (QED) is 0.0385. The maximum absolute atomic E-state index is 12.3. The molecule has 0 aromatic heterocycles. The lowest BCUT2D eigenvalue weighted by atomic mass is 10.1. The van der Waals surface area contributed by atoms with E-state index in [0.717, 1.165) is 51.9 Å². The van der Waals surface area contributed by atoms with Gasteiger partial charge < -0.3 is 29.1 Å². The topological polar surface area (TPSA) is 211 Å². The first kappa shape index (κ1) is 43.6. The van der Waals surface area contributed by atoms with E-state index in [1.807, 2.05) is 6.92 Å². The summed E-state index contributed by atoms with van der Waals surface area (Å²) >= 11 is 0. The number of unbranched alkanes of at least 4 members (excludes halogenated alkanes) is 9. The third kappa shape index (κ3) is 28.5. The summed E-state index contributed by atoms with van der Waals surface area (Å²) in [4.78, 5) is 54.6. The summed E-state index contributed by atoms with van der Waals surface area (Å²) in [6.45, 7) is 2.36. The predicted octanol–water partition coefficient (Wildman–Crippen LogP) is 5.13. The van der Waals surface area contributed by atoms with Crippen molar-refractivity contribution in [1.29, 1.82) is 0 Å². The van der Waals surface area contributed by atoms with Crippen molar-refractivity contribution in [1.82, 2.24) is 0 Å². The average molecular weight is 693 g/mol. The smallest absolute Gasteiger partial charge is 0.466 e. The molecular formula is C28H54O15P2. The highest BCUT2D eigenvalue weighted by Gasteiger charge is 2.28. The van der Waals surface area contributed by atoms with Gasteiger partial charge in [0, 0.05) is 26.2 Å². The van der Waals surface area contributed by atoms with Crippen LogP contribution in [0, 0.1) is 0 Å². The lowest BCUT2D eigenvalue weighted by Gasteiger charge is -2.20. The Morgan fingerprint density at radius 3 is 1.69 bits per heavy atom. The Bertz CT molecular complexity index is 901. The van der Waals surface area contributed by atoms with Gasteiger partial charge in [0.1, 0.15) is 12.7 Å². The van der Waals surface area contributed by atoms with Crippen LogP contribution in [-0.4, -0.2) is 84.7 Å². The molecule has 0 bridgehead atoms. The number of carbonyl (C=O) groups is 3. The van der Waals surface area contributed by atoms with Gasteiger partial charge >= 0.3 is 33.6 Å². The fraction of sp³-hybridized carbons (Fsp3) is 0.893. The molecule has 0 amide bonds. The second-order valence-corrected chi connectivity index (χ2v) is 13.4. The molecule has 15 nitrogen and oxygen atoms in total. The van der Waals surface area contributed by atoms with E-state index in [2.05, 4.69) is 16.0 Å². The number of rotatable bonds is 30. The molecule has 266 valence electrons.